The molecule has 0 aliphatic rings. The van der Waals surface area contributed by atoms with Crippen molar-refractivity contribution in [1.82, 2.24) is 4.90 Å². The lowest BCUT2D eigenvalue weighted by molar-refractivity contribution is 0.317. The summed E-state index contributed by atoms with van der Waals surface area (Å²) < 4.78 is 26.0. The molecule has 2 aromatic rings. The first-order valence-electron chi connectivity index (χ1n) is 6.49. The summed E-state index contributed by atoms with van der Waals surface area (Å²) in [4.78, 5) is 2.08. The lowest BCUT2D eigenvalue weighted by Gasteiger charge is -2.18. The monoisotopic (exact) mass is 276 g/mol. The lowest BCUT2D eigenvalue weighted by atomic mass is 10.1. The molecule has 0 radical (unpaired) electrons. The largest absolute Gasteiger partial charge is 0.326 e. The molecule has 2 nitrogen and oxygen atoms in total. The van der Waals surface area contributed by atoms with E-state index in [9.17, 15) is 8.78 Å². The summed E-state index contributed by atoms with van der Waals surface area (Å²) in [5.74, 6) is -0.504. The summed E-state index contributed by atoms with van der Waals surface area (Å²) in [7, 11) is 1.97. The third-order valence-corrected chi connectivity index (χ3v) is 3.19. The Morgan fingerprint density at radius 1 is 0.900 bits per heavy atom. The minimum absolute atomic E-state index is 0.236. The SMILES string of the molecule is CN(Cc1ccc(F)cc1)Cc1ccc(F)cc1CN. The molecule has 0 aliphatic heterocycles. The standard InChI is InChI=1S/C16H18F2N2/c1-20(10-12-2-5-15(17)6-3-12)11-13-4-7-16(18)8-14(13)9-19/h2-8H,9-11,19H2,1H3. The third kappa shape index (κ3) is 3.85. The maximum Gasteiger partial charge on any atom is 0.123 e. The molecule has 0 heterocycles. The molecule has 0 aromatic heterocycles. The highest BCUT2D eigenvalue weighted by Crippen LogP contribution is 2.14. The number of halogens is 2. The lowest BCUT2D eigenvalue weighted by Crippen LogP contribution is -2.19. The van der Waals surface area contributed by atoms with Crippen LogP contribution in [0.25, 0.3) is 0 Å². The Hall–Kier alpha value is -1.78. The minimum Gasteiger partial charge on any atom is -0.326 e. The summed E-state index contributed by atoms with van der Waals surface area (Å²) in [6.07, 6.45) is 0. The van der Waals surface area contributed by atoms with Crippen molar-refractivity contribution < 1.29 is 8.78 Å². The molecule has 20 heavy (non-hydrogen) atoms. The van der Waals surface area contributed by atoms with E-state index in [4.69, 9.17) is 5.73 Å². The summed E-state index contributed by atoms with van der Waals surface area (Å²) in [5.41, 5.74) is 8.50. The van der Waals surface area contributed by atoms with Crippen molar-refractivity contribution in [2.45, 2.75) is 19.6 Å². The molecule has 0 aliphatic carbocycles. The molecule has 0 bridgehead atoms. The van der Waals surface area contributed by atoms with Crippen molar-refractivity contribution in [2.24, 2.45) is 5.73 Å². The predicted molar refractivity (Wildman–Crippen MR) is 75.9 cm³/mol. The molecule has 4 heteroatoms. The molecule has 106 valence electrons. The van der Waals surface area contributed by atoms with Gasteiger partial charge in [0, 0.05) is 19.6 Å². The van der Waals surface area contributed by atoms with Crippen LogP contribution < -0.4 is 5.73 Å². The van der Waals surface area contributed by atoms with Gasteiger partial charge in [-0.1, -0.05) is 18.2 Å². The molecule has 2 N–H and O–H groups in total. The average molecular weight is 276 g/mol. The van der Waals surface area contributed by atoms with Crippen LogP contribution >= 0.6 is 0 Å². The number of hydrogen-bond donors (Lipinski definition) is 1. The third-order valence-electron chi connectivity index (χ3n) is 3.19. The van der Waals surface area contributed by atoms with Crippen LogP contribution in [0.5, 0.6) is 0 Å². The normalized spacial score (nSPS) is 11.1. The van der Waals surface area contributed by atoms with Gasteiger partial charge in [-0.2, -0.15) is 0 Å². The van der Waals surface area contributed by atoms with E-state index in [0.29, 0.717) is 19.6 Å². The molecule has 0 atom stereocenters. The van der Waals surface area contributed by atoms with Crippen molar-refractivity contribution in [2.75, 3.05) is 7.05 Å². The van der Waals surface area contributed by atoms with E-state index < -0.39 is 0 Å². The van der Waals surface area contributed by atoms with Gasteiger partial charge in [-0.3, -0.25) is 4.90 Å². The highest BCUT2D eigenvalue weighted by atomic mass is 19.1. The summed E-state index contributed by atoms with van der Waals surface area (Å²) in [6, 6.07) is 11.1. The topological polar surface area (TPSA) is 29.3 Å². The molecule has 0 amide bonds. The smallest absolute Gasteiger partial charge is 0.123 e. The second-order valence-electron chi connectivity index (χ2n) is 4.92. The Bertz CT molecular complexity index is 567. The van der Waals surface area contributed by atoms with Gasteiger partial charge in [0.15, 0.2) is 0 Å². The fourth-order valence-electron chi connectivity index (χ4n) is 2.19. The molecular weight excluding hydrogens is 258 g/mol. The van der Waals surface area contributed by atoms with Crippen molar-refractivity contribution in [3.63, 3.8) is 0 Å². The van der Waals surface area contributed by atoms with E-state index in [2.05, 4.69) is 4.90 Å². The number of rotatable bonds is 5. The second-order valence-corrected chi connectivity index (χ2v) is 4.92. The molecule has 0 saturated heterocycles. The molecule has 0 fully saturated rings. The van der Waals surface area contributed by atoms with Gasteiger partial charge in [-0.05, 0) is 48.0 Å². The van der Waals surface area contributed by atoms with Crippen LogP contribution in [0.3, 0.4) is 0 Å². The van der Waals surface area contributed by atoms with Crippen molar-refractivity contribution in [3.05, 3.63) is 70.8 Å². The summed E-state index contributed by atoms with van der Waals surface area (Å²) in [5, 5.41) is 0. The van der Waals surface area contributed by atoms with Crippen LogP contribution in [0.1, 0.15) is 16.7 Å². The van der Waals surface area contributed by atoms with E-state index >= 15 is 0 Å². The van der Waals surface area contributed by atoms with Crippen LogP contribution in [0.15, 0.2) is 42.5 Å². The van der Waals surface area contributed by atoms with Crippen LogP contribution in [0.4, 0.5) is 8.78 Å². The quantitative estimate of drug-likeness (QED) is 0.909. The van der Waals surface area contributed by atoms with Gasteiger partial charge in [0.05, 0.1) is 0 Å². The van der Waals surface area contributed by atoms with Gasteiger partial charge in [-0.25, -0.2) is 8.78 Å². The van der Waals surface area contributed by atoms with Gasteiger partial charge in [0.1, 0.15) is 11.6 Å². The fourth-order valence-corrected chi connectivity index (χ4v) is 2.19. The summed E-state index contributed by atoms with van der Waals surface area (Å²) in [6.45, 7) is 1.68. The Morgan fingerprint density at radius 3 is 2.20 bits per heavy atom. The average Bonchev–Trinajstić information content (AvgIpc) is 2.43. The molecule has 0 saturated carbocycles. The molecule has 0 spiro atoms. The maximum absolute atomic E-state index is 13.2. The number of benzene rings is 2. The highest BCUT2D eigenvalue weighted by molar-refractivity contribution is 5.28. The molecule has 0 unspecified atom stereocenters. The van der Waals surface area contributed by atoms with Gasteiger partial charge in [0.25, 0.3) is 0 Å². The molecule has 2 aromatic carbocycles. The number of hydrogen-bond acceptors (Lipinski definition) is 2. The number of nitrogens with two attached hydrogens (primary N) is 1. The van der Waals surface area contributed by atoms with Gasteiger partial charge in [-0.15, -0.1) is 0 Å². The first kappa shape index (κ1) is 14.6. The molecule has 2 rings (SSSR count). The maximum atomic E-state index is 13.2. The Balaban J connectivity index is 2.04. The summed E-state index contributed by atoms with van der Waals surface area (Å²) >= 11 is 0. The van der Waals surface area contributed by atoms with Crippen LogP contribution in [-0.2, 0) is 19.6 Å². The van der Waals surface area contributed by atoms with E-state index in [1.165, 1.54) is 24.3 Å². The van der Waals surface area contributed by atoms with E-state index in [1.54, 1.807) is 18.2 Å². The highest BCUT2D eigenvalue weighted by Gasteiger charge is 2.07. The molecular formula is C16H18F2N2. The van der Waals surface area contributed by atoms with Gasteiger partial charge >= 0.3 is 0 Å². The van der Waals surface area contributed by atoms with E-state index in [1.807, 2.05) is 7.05 Å². The second kappa shape index (κ2) is 6.59. The minimum atomic E-state index is -0.268. The zero-order chi connectivity index (χ0) is 14.5. The van der Waals surface area contributed by atoms with E-state index in [-0.39, 0.29) is 11.6 Å². The predicted octanol–water partition coefficient (Wildman–Crippen LogP) is 3.06. The van der Waals surface area contributed by atoms with E-state index in [0.717, 1.165) is 16.7 Å². The van der Waals surface area contributed by atoms with Crippen LogP contribution in [0.2, 0.25) is 0 Å². The van der Waals surface area contributed by atoms with Crippen LogP contribution in [-0.4, -0.2) is 11.9 Å². The Labute approximate surface area is 117 Å². The fraction of sp³-hybridized carbons (Fsp3) is 0.250. The van der Waals surface area contributed by atoms with Crippen molar-refractivity contribution in [1.29, 1.82) is 0 Å². The first-order chi connectivity index (χ1) is 9.58. The zero-order valence-electron chi connectivity index (χ0n) is 11.4. The Kier molecular flexibility index (Phi) is 4.82. The first-order valence-corrected chi connectivity index (χ1v) is 6.49. The van der Waals surface area contributed by atoms with Crippen molar-refractivity contribution >= 4 is 0 Å². The van der Waals surface area contributed by atoms with Gasteiger partial charge < -0.3 is 5.73 Å². The van der Waals surface area contributed by atoms with Crippen molar-refractivity contribution in [3.8, 4) is 0 Å². The van der Waals surface area contributed by atoms with Crippen LogP contribution in [0, 0.1) is 11.6 Å². The Morgan fingerprint density at radius 2 is 1.55 bits per heavy atom. The van der Waals surface area contributed by atoms with Gasteiger partial charge in [0.2, 0.25) is 0 Å². The number of nitrogens with zero attached hydrogens (tertiary/aromatic N) is 1. The zero-order valence-corrected chi connectivity index (χ0v) is 11.4.